The summed E-state index contributed by atoms with van der Waals surface area (Å²) in [6.45, 7) is 0. The van der Waals surface area contributed by atoms with Gasteiger partial charge in [0, 0.05) is 21.1 Å². The second-order valence-electron chi connectivity index (χ2n) is 4.36. The number of amides is 2. The van der Waals surface area contributed by atoms with Gasteiger partial charge in [-0.2, -0.15) is 5.10 Å². The Hall–Kier alpha value is -2.24. The van der Waals surface area contributed by atoms with Gasteiger partial charge in [-0.15, -0.1) is 0 Å². The summed E-state index contributed by atoms with van der Waals surface area (Å²) in [5.41, 5.74) is 1.35. The molecule has 7 heteroatoms. The van der Waals surface area contributed by atoms with Crippen molar-refractivity contribution in [3.8, 4) is 0 Å². The fraction of sp³-hybridized carbons (Fsp3) is 0. The van der Waals surface area contributed by atoms with E-state index in [0.717, 1.165) is 10.9 Å². The molecule has 1 aromatic heterocycles. The molecule has 0 saturated carbocycles. The molecule has 0 aliphatic heterocycles. The van der Waals surface area contributed by atoms with E-state index in [-0.39, 0.29) is 0 Å². The Bertz CT molecular complexity index is 795. The van der Waals surface area contributed by atoms with Crippen molar-refractivity contribution in [2.24, 2.45) is 0 Å². The third-order valence-corrected chi connectivity index (χ3v) is 3.26. The molecule has 0 aliphatic carbocycles. The highest BCUT2D eigenvalue weighted by Gasteiger charge is 2.09. The number of aromatic nitrogens is 2. The van der Waals surface area contributed by atoms with Crippen molar-refractivity contribution in [1.82, 2.24) is 10.2 Å². The fourth-order valence-corrected chi connectivity index (χ4v) is 2.48. The van der Waals surface area contributed by atoms with Crippen LogP contribution in [0.3, 0.4) is 0 Å². The van der Waals surface area contributed by atoms with Crippen molar-refractivity contribution in [3.05, 3.63) is 52.5 Å². The lowest BCUT2D eigenvalue weighted by atomic mass is 10.2. The number of aromatic amines is 1. The van der Waals surface area contributed by atoms with Crippen LogP contribution in [0.15, 0.2) is 42.5 Å². The Morgan fingerprint density at radius 2 is 1.76 bits per heavy atom. The first-order valence-corrected chi connectivity index (χ1v) is 6.84. The molecule has 1 heterocycles. The minimum atomic E-state index is -0.425. The first-order valence-electron chi connectivity index (χ1n) is 6.09. The van der Waals surface area contributed by atoms with Crippen molar-refractivity contribution in [2.45, 2.75) is 0 Å². The summed E-state index contributed by atoms with van der Waals surface area (Å²) in [6, 6.07) is 11.9. The monoisotopic (exact) mass is 320 g/mol. The smallest absolute Gasteiger partial charge is 0.308 e. The van der Waals surface area contributed by atoms with Gasteiger partial charge in [-0.3, -0.25) is 10.4 Å². The summed E-state index contributed by atoms with van der Waals surface area (Å²) < 4.78 is 0. The van der Waals surface area contributed by atoms with E-state index in [4.69, 9.17) is 23.2 Å². The number of halogens is 2. The van der Waals surface area contributed by atoms with Gasteiger partial charge in [0.15, 0.2) is 5.82 Å². The van der Waals surface area contributed by atoms with Gasteiger partial charge in [0.25, 0.3) is 0 Å². The Labute approximate surface area is 130 Å². The molecule has 5 nitrogen and oxygen atoms in total. The molecule has 0 spiro atoms. The number of nitrogens with zero attached hydrogens (tertiary/aromatic N) is 1. The van der Waals surface area contributed by atoms with Gasteiger partial charge in [0.05, 0.1) is 5.52 Å². The molecule has 0 fully saturated rings. The van der Waals surface area contributed by atoms with Gasteiger partial charge >= 0.3 is 6.03 Å². The number of nitrogens with one attached hydrogen (secondary N) is 3. The average molecular weight is 321 g/mol. The van der Waals surface area contributed by atoms with E-state index < -0.39 is 6.03 Å². The van der Waals surface area contributed by atoms with Crippen molar-refractivity contribution in [1.29, 1.82) is 0 Å². The molecule has 0 atom stereocenters. The highest BCUT2D eigenvalue weighted by Crippen LogP contribution is 2.23. The molecular weight excluding hydrogens is 311 g/mol. The van der Waals surface area contributed by atoms with Crippen LogP contribution in [0.1, 0.15) is 0 Å². The molecule has 21 heavy (non-hydrogen) atoms. The summed E-state index contributed by atoms with van der Waals surface area (Å²) in [6.07, 6.45) is 0. The Balaban J connectivity index is 1.77. The van der Waals surface area contributed by atoms with E-state index >= 15 is 0 Å². The molecule has 3 N–H and O–H groups in total. The maximum absolute atomic E-state index is 12.0. The zero-order valence-electron chi connectivity index (χ0n) is 10.7. The summed E-state index contributed by atoms with van der Waals surface area (Å²) in [5, 5.41) is 14.0. The molecule has 0 saturated heterocycles. The lowest BCUT2D eigenvalue weighted by Gasteiger charge is -2.07. The number of anilines is 2. The minimum absolute atomic E-state index is 0.425. The van der Waals surface area contributed by atoms with Crippen LogP contribution in [-0.4, -0.2) is 16.2 Å². The molecule has 0 radical (unpaired) electrons. The summed E-state index contributed by atoms with van der Waals surface area (Å²) in [5.74, 6) is 0.455. The van der Waals surface area contributed by atoms with Crippen LogP contribution in [0.25, 0.3) is 10.9 Å². The van der Waals surface area contributed by atoms with Gasteiger partial charge in [-0.05, 0) is 30.3 Å². The highest BCUT2D eigenvalue weighted by molar-refractivity contribution is 6.35. The third-order valence-electron chi connectivity index (χ3n) is 2.82. The quantitative estimate of drug-likeness (QED) is 0.650. The van der Waals surface area contributed by atoms with Crippen LogP contribution in [0.2, 0.25) is 10.0 Å². The van der Waals surface area contributed by atoms with Crippen LogP contribution in [0, 0.1) is 0 Å². The number of hydrogen-bond acceptors (Lipinski definition) is 2. The molecular formula is C14H10Cl2N4O. The summed E-state index contributed by atoms with van der Waals surface area (Å²) >= 11 is 11.8. The number of H-pyrrole nitrogens is 1. The van der Waals surface area contributed by atoms with Gasteiger partial charge < -0.3 is 5.32 Å². The Kier molecular flexibility index (Phi) is 3.68. The summed E-state index contributed by atoms with van der Waals surface area (Å²) in [4.78, 5) is 12.0. The zero-order valence-corrected chi connectivity index (χ0v) is 12.2. The Morgan fingerprint density at radius 3 is 2.52 bits per heavy atom. The van der Waals surface area contributed by atoms with E-state index in [0.29, 0.717) is 21.6 Å². The van der Waals surface area contributed by atoms with Crippen molar-refractivity contribution >= 4 is 51.6 Å². The lowest BCUT2D eigenvalue weighted by Crippen LogP contribution is -2.19. The number of urea groups is 1. The molecule has 3 rings (SSSR count). The van der Waals surface area contributed by atoms with E-state index in [1.807, 2.05) is 24.3 Å². The number of fused-ring (bicyclic) bond motifs is 1. The van der Waals surface area contributed by atoms with Crippen LogP contribution in [-0.2, 0) is 0 Å². The van der Waals surface area contributed by atoms with E-state index in [1.54, 1.807) is 18.2 Å². The van der Waals surface area contributed by atoms with Crippen molar-refractivity contribution in [2.75, 3.05) is 10.6 Å². The average Bonchev–Trinajstić information content (AvgIpc) is 2.81. The van der Waals surface area contributed by atoms with E-state index in [2.05, 4.69) is 20.8 Å². The molecule has 2 aromatic carbocycles. The number of rotatable bonds is 2. The topological polar surface area (TPSA) is 69.8 Å². The van der Waals surface area contributed by atoms with Crippen molar-refractivity contribution < 1.29 is 4.79 Å². The van der Waals surface area contributed by atoms with Gasteiger partial charge in [-0.1, -0.05) is 35.3 Å². The maximum atomic E-state index is 12.0. The SMILES string of the molecule is O=C(Nc1cc(Cl)cc(Cl)c1)Nc1n[nH]c2ccccc12. The number of hydrogen-bond donors (Lipinski definition) is 3. The second kappa shape index (κ2) is 5.63. The third kappa shape index (κ3) is 3.09. The standard InChI is InChI=1S/C14H10Cl2N4O/c15-8-5-9(16)7-10(6-8)17-14(21)18-13-11-3-1-2-4-12(11)19-20-13/h1-7H,(H3,17,18,19,20,21). The maximum Gasteiger partial charge on any atom is 0.324 e. The molecule has 0 aliphatic rings. The normalized spacial score (nSPS) is 10.6. The second-order valence-corrected chi connectivity index (χ2v) is 5.23. The van der Waals surface area contributed by atoms with Gasteiger partial charge in [0.1, 0.15) is 0 Å². The molecule has 3 aromatic rings. The van der Waals surface area contributed by atoms with Crippen molar-refractivity contribution in [3.63, 3.8) is 0 Å². The van der Waals surface area contributed by atoms with E-state index in [1.165, 1.54) is 0 Å². The molecule has 0 unspecified atom stereocenters. The highest BCUT2D eigenvalue weighted by atomic mass is 35.5. The van der Waals surface area contributed by atoms with Crippen LogP contribution in [0.4, 0.5) is 16.3 Å². The number of carbonyl (C=O) groups is 1. The zero-order chi connectivity index (χ0) is 14.8. The van der Waals surface area contributed by atoms with Crippen LogP contribution >= 0.6 is 23.2 Å². The summed E-state index contributed by atoms with van der Waals surface area (Å²) in [7, 11) is 0. The largest absolute Gasteiger partial charge is 0.324 e. The lowest BCUT2D eigenvalue weighted by molar-refractivity contribution is 0.262. The van der Waals surface area contributed by atoms with Crippen LogP contribution in [0.5, 0.6) is 0 Å². The number of carbonyl (C=O) groups excluding carboxylic acids is 1. The number of benzene rings is 2. The molecule has 2 amide bonds. The molecule has 106 valence electrons. The van der Waals surface area contributed by atoms with Crippen LogP contribution < -0.4 is 10.6 Å². The Morgan fingerprint density at radius 1 is 1.05 bits per heavy atom. The predicted molar refractivity (Wildman–Crippen MR) is 85.2 cm³/mol. The molecule has 0 bridgehead atoms. The van der Waals surface area contributed by atoms with E-state index in [9.17, 15) is 4.79 Å². The first kappa shape index (κ1) is 13.7. The predicted octanol–water partition coefficient (Wildman–Crippen LogP) is 4.51. The number of para-hydroxylation sites is 1. The minimum Gasteiger partial charge on any atom is -0.308 e. The first-order chi connectivity index (χ1) is 10.1. The fourth-order valence-electron chi connectivity index (χ4n) is 1.95. The van der Waals surface area contributed by atoms with Gasteiger partial charge in [-0.25, -0.2) is 4.79 Å². The van der Waals surface area contributed by atoms with Gasteiger partial charge in [0.2, 0.25) is 0 Å².